The van der Waals surface area contributed by atoms with Gasteiger partial charge in [-0.3, -0.25) is 14.6 Å². The average Bonchev–Trinajstić information content (AvgIpc) is 3.01. The number of benzene rings is 1. The number of aromatic nitrogens is 1. The van der Waals surface area contributed by atoms with Gasteiger partial charge in [0.15, 0.2) is 0 Å². The maximum Gasteiger partial charge on any atom is 0.272 e. The molecule has 0 saturated carbocycles. The lowest BCUT2D eigenvalue weighted by molar-refractivity contribution is 0.0764. The van der Waals surface area contributed by atoms with Crippen LogP contribution in [0.2, 0.25) is 0 Å². The number of aryl methyl sites for hydroxylation is 1. The van der Waals surface area contributed by atoms with Crippen molar-refractivity contribution in [3.8, 4) is 5.75 Å². The van der Waals surface area contributed by atoms with Crippen molar-refractivity contribution in [1.29, 1.82) is 0 Å². The van der Waals surface area contributed by atoms with Crippen LogP contribution >= 0.6 is 0 Å². The van der Waals surface area contributed by atoms with Gasteiger partial charge in [-0.1, -0.05) is 12.1 Å². The normalized spacial score (nSPS) is 13.0. The van der Waals surface area contributed by atoms with E-state index in [1.807, 2.05) is 0 Å². The number of rotatable bonds is 8. The second-order valence-corrected chi connectivity index (χ2v) is 6.63. The molecule has 0 aliphatic carbocycles. The number of alkyl halides is 2. The Labute approximate surface area is 166 Å². The topological polar surface area (TPSA) is 91.8 Å². The van der Waals surface area contributed by atoms with Gasteiger partial charge in [0.1, 0.15) is 18.1 Å². The van der Waals surface area contributed by atoms with Crippen LogP contribution in [0, 0.1) is 6.92 Å². The lowest BCUT2D eigenvalue weighted by Gasteiger charge is -2.17. The number of carbonyl (C=O) groups is 2. The van der Waals surface area contributed by atoms with E-state index in [-0.39, 0.29) is 31.3 Å². The predicted octanol–water partition coefficient (Wildman–Crippen LogP) is 1.91. The van der Waals surface area contributed by atoms with E-state index in [1.54, 1.807) is 36.1 Å². The molecule has 0 fully saturated rings. The number of aliphatic hydroxyl groups excluding tert-OH is 1. The van der Waals surface area contributed by atoms with E-state index in [2.05, 4.69) is 10.3 Å². The number of hydrogen-bond acceptors (Lipinski definition) is 5. The second kappa shape index (κ2) is 8.95. The highest BCUT2D eigenvalue weighted by molar-refractivity contribution is 6.03. The molecule has 2 N–H and O–H groups in total. The van der Waals surface area contributed by atoms with Gasteiger partial charge in [-0.25, -0.2) is 8.78 Å². The zero-order valence-electron chi connectivity index (χ0n) is 15.8. The second-order valence-electron chi connectivity index (χ2n) is 6.63. The molecular weight excluding hydrogens is 384 g/mol. The van der Waals surface area contributed by atoms with Crippen molar-refractivity contribution in [3.63, 3.8) is 0 Å². The summed E-state index contributed by atoms with van der Waals surface area (Å²) in [5.41, 5.74) is 2.63. The Kier molecular flexibility index (Phi) is 6.38. The first kappa shape index (κ1) is 20.7. The van der Waals surface area contributed by atoms with E-state index < -0.39 is 18.9 Å². The first-order valence-corrected chi connectivity index (χ1v) is 9.07. The van der Waals surface area contributed by atoms with Gasteiger partial charge in [-0.15, -0.1) is 0 Å². The maximum atomic E-state index is 12.7. The average molecular weight is 405 g/mol. The van der Waals surface area contributed by atoms with Crippen LogP contribution in [0.1, 0.15) is 37.5 Å². The Morgan fingerprint density at radius 1 is 1.38 bits per heavy atom. The highest BCUT2D eigenvalue weighted by Crippen LogP contribution is 2.27. The number of hydrogen-bond donors (Lipinski definition) is 2. The molecule has 1 aromatic heterocycles. The minimum atomic E-state index is -2.55. The molecule has 0 saturated heterocycles. The predicted molar refractivity (Wildman–Crippen MR) is 99.9 cm³/mol. The number of nitrogens with one attached hydrogen (secondary N) is 1. The molecule has 0 atom stereocenters. The van der Waals surface area contributed by atoms with Gasteiger partial charge in [-0.2, -0.15) is 0 Å². The third-order valence-electron chi connectivity index (χ3n) is 4.51. The lowest BCUT2D eigenvalue weighted by Crippen LogP contribution is -2.28. The fourth-order valence-corrected chi connectivity index (χ4v) is 3.21. The van der Waals surface area contributed by atoms with Crippen molar-refractivity contribution in [3.05, 3.63) is 58.4 Å². The molecule has 1 aromatic carbocycles. The van der Waals surface area contributed by atoms with Crippen LogP contribution in [-0.4, -0.2) is 53.0 Å². The molecule has 2 aromatic rings. The number of pyridine rings is 1. The summed E-state index contributed by atoms with van der Waals surface area (Å²) in [6, 6.07) is 6.68. The van der Waals surface area contributed by atoms with Gasteiger partial charge in [0.2, 0.25) is 0 Å². The number of amides is 2. The lowest BCUT2D eigenvalue weighted by atomic mass is 10.1. The van der Waals surface area contributed by atoms with Crippen molar-refractivity contribution < 1.29 is 28.2 Å². The van der Waals surface area contributed by atoms with Gasteiger partial charge < -0.3 is 20.1 Å². The van der Waals surface area contributed by atoms with E-state index in [9.17, 15) is 18.4 Å². The molecule has 2 heterocycles. The van der Waals surface area contributed by atoms with E-state index in [0.717, 1.165) is 5.56 Å². The Hall–Kier alpha value is -3.07. The molecule has 0 unspecified atom stereocenters. The Morgan fingerprint density at radius 3 is 2.86 bits per heavy atom. The third-order valence-corrected chi connectivity index (χ3v) is 4.51. The summed E-state index contributed by atoms with van der Waals surface area (Å²) in [6.45, 7) is 1.50. The van der Waals surface area contributed by atoms with Crippen LogP contribution in [0.3, 0.4) is 0 Å². The summed E-state index contributed by atoms with van der Waals surface area (Å²) >= 11 is 0. The number of fused-ring (bicyclic) bond motifs is 1. The summed E-state index contributed by atoms with van der Waals surface area (Å²) in [5.74, 6) is -0.284. The maximum absolute atomic E-state index is 12.7. The van der Waals surface area contributed by atoms with Crippen molar-refractivity contribution in [2.45, 2.75) is 26.4 Å². The molecule has 7 nitrogen and oxygen atoms in total. The summed E-state index contributed by atoms with van der Waals surface area (Å²) in [5, 5.41) is 11.4. The van der Waals surface area contributed by atoms with E-state index in [4.69, 9.17) is 9.84 Å². The first-order valence-electron chi connectivity index (χ1n) is 9.07. The smallest absolute Gasteiger partial charge is 0.272 e. The summed E-state index contributed by atoms with van der Waals surface area (Å²) < 4.78 is 29.7. The number of nitrogens with zero attached hydrogens (tertiary/aromatic N) is 2. The standard InChI is InChI=1S/C20H21F2N3O4/c1-12-8-13(2-3-16(12)29-11-17(21)22)9-25-10-15-14(20(25)28)4-5-23-18(15)19(27)24-6-7-26/h2-5,8,17,26H,6-7,9-11H2,1H3,(H,24,27). The summed E-state index contributed by atoms with van der Waals surface area (Å²) in [7, 11) is 0. The largest absolute Gasteiger partial charge is 0.487 e. The fraction of sp³-hybridized carbons (Fsp3) is 0.350. The van der Waals surface area contributed by atoms with Crippen molar-refractivity contribution in [2.75, 3.05) is 19.8 Å². The highest BCUT2D eigenvalue weighted by Gasteiger charge is 2.31. The molecular formula is C20H21F2N3O4. The Bertz CT molecular complexity index is 921. The molecule has 0 radical (unpaired) electrons. The molecule has 1 aliphatic rings. The molecule has 3 rings (SSSR count). The van der Waals surface area contributed by atoms with Crippen molar-refractivity contribution in [1.82, 2.24) is 15.2 Å². The third kappa shape index (κ3) is 4.68. The molecule has 0 bridgehead atoms. The van der Waals surface area contributed by atoms with Gasteiger partial charge in [0.25, 0.3) is 18.2 Å². The molecule has 9 heteroatoms. The summed E-state index contributed by atoms with van der Waals surface area (Å²) in [6.07, 6.45) is -1.14. The summed E-state index contributed by atoms with van der Waals surface area (Å²) in [4.78, 5) is 30.7. The number of carbonyl (C=O) groups excluding carboxylic acids is 2. The van der Waals surface area contributed by atoms with E-state index in [0.29, 0.717) is 29.0 Å². The molecule has 0 spiro atoms. The van der Waals surface area contributed by atoms with Crippen LogP contribution in [0.5, 0.6) is 5.75 Å². The van der Waals surface area contributed by atoms with Crippen molar-refractivity contribution in [2.24, 2.45) is 0 Å². The Morgan fingerprint density at radius 2 is 2.17 bits per heavy atom. The van der Waals surface area contributed by atoms with E-state index in [1.165, 1.54) is 6.20 Å². The first-order chi connectivity index (χ1) is 13.9. The minimum Gasteiger partial charge on any atom is -0.487 e. The van der Waals surface area contributed by atoms with Crippen LogP contribution in [0.25, 0.3) is 0 Å². The van der Waals surface area contributed by atoms with E-state index >= 15 is 0 Å². The monoisotopic (exact) mass is 405 g/mol. The quantitative estimate of drug-likeness (QED) is 0.700. The van der Waals surface area contributed by atoms with Crippen LogP contribution in [0.4, 0.5) is 8.78 Å². The zero-order chi connectivity index (χ0) is 21.0. The zero-order valence-corrected chi connectivity index (χ0v) is 15.8. The Balaban J connectivity index is 1.74. The number of aliphatic hydroxyl groups is 1. The number of ether oxygens (including phenoxy) is 1. The molecule has 2 amide bonds. The van der Waals surface area contributed by atoms with Gasteiger partial charge in [-0.05, 0) is 30.2 Å². The van der Waals surface area contributed by atoms with Gasteiger partial charge in [0, 0.05) is 37.0 Å². The fourth-order valence-electron chi connectivity index (χ4n) is 3.21. The van der Waals surface area contributed by atoms with Crippen LogP contribution in [0.15, 0.2) is 30.5 Å². The number of halogens is 2. The highest BCUT2D eigenvalue weighted by atomic mass is 19.3. The van der Waals surface area contributed by atoms with Gasteiger partial charge >= 0.3 is 0 Å². The van der Waals surface area contributed by atoms with Crippen LogP contribution in [-0.2, 0) is 13.1 Å². The minimum absolute atomic E-state index is 0.0983. The molecule has 154 valence electrons. The molecule has 29 heavy (non-hydrogen) atoms. The van der Waals surface area contributed by atoms with Gasteiger partial charge in [0.05, 0.1) is 6.61 Å². The van der Waals surface area contributed by atoms with Crippen molar-refractivity contribution >= 4 is 11.8 Å². The van der Waals surface area contributed by atoms with Crippen LogP contribution < -0.4 is 10.1 Å². The molecule has 1 aliphatic heterocycles. The SMILES string of the molecule is Cc1cc(CN2Cc3c(ccnc3C(=O)NCCO)C2=O)ccc1OCC(F)F.